The summed E-state index contributed by atoms with van der Waals surface area (Å²) in [5, 5.41) is 11.4. The fourth-order valence-electron chi connectivity index (χ4n) is 4.49. The average Bonchev–Trinajstić information content (AvgIpc) is 3.18. The summed E-state index contributed by atoms with van der Waals surface area (Å²) in [6.07, 6.45) is 2.54. The van der Waals surface area contributed by atoms with Crippen molar-refractivity contribution in [3.8, 4) is 0 Å². The number of ether oxygens (including phenoxy) is 1. The standard InChI is InChI=1S/C20H26N2O3/c1-14-11-15-5-2-3-7-17(15)22(14)12-20(24)21-9-10-25-13-18(21)16-6-4-8-19(16)23/h2-3,5,7,11,16,18-19,23H,4,6,8-10,12-13H2,1H3/t16-,18+,19+/m0/s1. The van der Waals surface area contributed by atoms with Crippen LogP contribution in [0.2, 0.25) is 0 Å². The molecule has 1 saturated carbocycles. The second kappa shape index (κ2) is 6.81. The normalized spacial score (nSPS) is 27.1. The van der Waals surface area contributed by atoms with Crippen LogP contribution in [0.15, 0.2) is 30.3 Å². The van der Waals surface area contributed by atoms with Crippen LogP contribution in [0.4, 0.5) is 0 Å². The minimum atomic E-state index is -0.309. The third-order valence-corrected chi connectivity index (χ3v) is 5.82. The zero-order valence-corrected chi connectivity index (χ0v) is 14.7. The molecule has 5 heteroatoms. The van der Waals surface area contributed by atoms with Gasteiger partial charge in [-0.25, -0.2) is 0 Å². The van der Waals surface area contributed by atoms with Crippen molar-refractivity contribution < 1.29 is 14.6 Å². The molecule has 1 aromatic carbocycles. The molecule has 2 fully saturated rings. The van der Waals surface area contributed by atoms with Gasteiger partial charge in [0.1, 0.15) is 6.54 Å². The predicted octanol–water partition coefficient (Wildman–Crippen LogP) is 2.34. The van der Waals surface area contributed by atoms with Gasteiger partial charge < -0.3 is 19.3 Å². The molecule has 1 N–H and O–H groups in total. The lowest BCUT2D eigenvalue weighted by Gasteiger charge is -2.40. The summed E-state index contributed by atoms with van der Waals surface area (Å²) in [5.41, 5.74) is 2.19. The van der Waals surface area contributed by atoms with Gasteiger partial charge in [-0.2, -0.15) is 0 Å². The molecule has 1 saturated heterocycles. The van der Waals surface area contributed by atoms with Gasteiger partial charge in [-0.05, 0) is 37.3 Å². The Bertz CT molecular complexity index is 769. The predicted molar refractivity (Wildman–Crippen MR) is 96.3 cm³/mol. The minimum Gasteiger partial charge on any atom is -0.393 e. The summed E-state index contributed by atoms with van der Waals surface area (Å²) in [6.45, 7) is 4.13. The van der Waals surface area contributed by atoms with Crippen molar-refractivity contribution in [1.29, 1.82) is 0 Å². The number of benzene rings is 1. The topological polar surface area (TPSA) is 54.7 Å². The van der Waals surface area contributed by atoms with E-state index >= 15 is 0 Å². The second-order valence-corrected chi connectivity index (χ2v) is 7.32. The fraction of sp³-hybridized carbons (Fsp3) is 0.550. The van der Waals surface area contributed by atoms with Crippen LogP contribution in [0.1, 0.15) is 25.0 Å². The van der Waals surface area contributed by atoms with E-state index in [1.165, 1.54) is 0 Å². The lowest BCUT2D eigenvalue weighted by molar-refractivity contribution is -0.144. The van der Waals surface area contributed by atoms with E-state index in [1.54, 1.807) is 0 Å². The quantitative estimate of drug-likeness (QED) is 0.931. The zero-order chi connectivity index (χ0) is 17.4. The number of aromatic nitrogens is 1. The van der Waals surface area contributed by atoms with Crippen LogP contribution >= 0.6 is 0 Å². The number of aliphatic hydroxyl groups excluding tert-OH is 1. The fourth-order valence-corrected chi connectivity index (χ4v) is 4.49. The highest BCUT2D eigenvalue weighted by atomic mass is 16.5. The summed E-state index contributed by atoms with van der Waals surface area (Å²) >= 11 is 0. The summed E-state index contributed by atoms with van der Waals surface area (Å²) in [4.78, 5) is 15.1. The van der Waals surface area contributed by atoms with E-state index in [0.29, 0.717) is 26.3 Å². The molecule has 0 bridgehead atoms. The van der Waals surface area contributed by atoms with E-state index in [0.717, 1.165) is 35.9 Å². The van der Waals surface area contributed by atoms with E-state index in [4.69, 9.17) is 4.74 Å². The first-order valence-corrected chi connectivity index (χ1v) is 9.25. The molecule has 0 unspecified atom stereocenters. The number of fused-ring (bicyclic) bond motifs is 1. The second-order valence-electron chi connectivity index (χ2n) is 7.32. The summed E-state index contributed by atoms with van der Waals surface area (Å²) in [7, 11) is 0. The Balaban J connectivity index is 1.57. The number of hydrogen-bond donors (Lipinski definition) is 1. The molecule has 2 aliphatic rings. The van der Waals surface area contributed by atoms with Crippen LogP contribution in [-0.4, -0.2) is 52.4 Å². The summed E-state index contributed by atoms with van der Waals surface area (Å²) in [5.74, 6) is 0.267. The van der Waals surface area contributed by atoms with Crippen molar-refractivity contribution in [3.05, 3.63) is 36.0 Å². The average molecular weight is 342 g/mol. The number of hydrogen-bond acceptors (Lipinski definition) is 3. The number of amides is 1. The van der Waals surface area contributed by atoms with Gasteiger partial charge in [0.2, 0.25) is 5.91 Å². The van der Waals surface area contributed by atoms with Gasteiger partial charge >= 0.3 is 0 Å². The van der Waals surface area contributed by atoms with E-state index in [9.17, 15) is 9.90 Å². The van der Waals surface area contributed by atoms with Gasteiger partial charge in [-0.3, -0.25) is 4.79 Å². The lowest BCUT2D eigenvalue weighted by atomic mass is 9.94. The SMILES string of the molecule is Cc1cc2ccccc2n1CC(=O)N1CCOC[C@@H]1[C@@H]1CCC[C@H]1O. The van der Waals surface area contributed by atoms with Crippen molar-refractivity contribution in [3.63, 3.8) is 0 Å². The molecule has 1 aromatic heterocycles. The Hall–Kier alpha value is -1.85. The molecule has 1 aliphatic carbocycles. The highest BCUT2D eigenvalue weighted by Gasteiger charge is 2.39. The van der Waals surface area contributed by atoms with E-state index < -0.39 is 0 Å². The minimum absolute atomic E-state index is 0.000817. The molecule has 2 aromatic rings. The highest BCUT2D eigenvalue weighted by Crippen LogP contribution is 2.32. The number of nitrogens with zero attached hydrogens (tertiary/aromatic N) is 2. The van der Waals surface area contributed by atoms with Gasteiger partial charge in [0.05, 0.1) is 25.4 Å². The number of aryl methyl sites for hydroxylation is 1. The Morgan fingerprint density at radius 1 is 1.32 bits per heavy atom. The largest absolute Gasteiger partial charge is 0.393 e. The van der Waals surface area contributed by atoms with Crippen LogP contribution in [-0.2, 0) is 16.1 Å². The van der Waals surface area contributed by atoms with Crippen LogP contribution in [0.5, 0.6) is 0 Å². The van der Waals surface area contributed by atoms with Crippen LogP contribution in [0.25, 0.3) is 10.9 Å². The van der Waals surface area contributed by atoms with Crippen molar-refractivity contribution in [1.82, 2.24) is 9.47 Å². The van der Waals surface area contributed by atoms with E-state index in [1.807, 2.05) is 24.0 Å². The maximum Gasteiger partial charge on any atom is 0.242 e. The van der Waals surface area contributed by atoms with Gasteiger partial charge in [-0.15, -0.1) is 0 Å². The molecular weight excluding hydrogens is 316 g/mol. The Labute approximate surface area is 148 Å². The smallest absolute Gasteiger partial charge is 0.242 e. The first kappa shape index (κ1) is 16.6. The molecule has 3 atom stereocenters. The Kier molecular flexibility index (Phi) is 4.52. The molecule has 4 rings (SSSR count). The molecule has 0 radical (unpaired) electrons. The first-order chi connectivity index (χ1) is 12.1. The number of carbonyl (C=O) groups excluding carboxylic acids is 1. The number of rotatable bonds is 3. The lowest BCUT2D eigenvalue weighted by Crippen LogP contribution is -2.54. The van der Waals surface area contributed by atoms with Crippen molar-refractivity contribution >= 4 is 16.8 Å². The van der Waals surface area contributed by atoms with E-state index in [2.05, 4.69) is 22.8 Å². The Morgan fingerprint density at radius 2 is 2.16 bits per heavy atom. The molecular formula is C20H26N2O3. The molecule has 1 amide bonds. The summed E-state index contributed by atoms with van der Waals surface area (Å²) < 4.78 is 7.73. The molecule has 2 heterocycles. The molecule has 25 heavy (non-hydrogen) atoms. The number of carbonyl (C=O) groups is 1. The molecule has 0 spiro atoms. The van der Waals surface area contributed by atoms with Gasteiger partial charge in [0, 0.05) is 23.7 Å². The van der Waals surface area contributed by atoms with Crippen LogP contribution in [0.3, 0.4) is 0 Å². The molecule has 5 nitrogen and oxygen atoms in total. The van der Waals surface area contributed by atoms with Crippen LogP contribution in [0, 0.1) is 12.8 Å². The van der Waals surface area contributed by atoms with Crippen molar-refractivity contribution in [2.75, 3.05) is 19.8 Å². The number of para-hydroxylation sites is 1. The van der Waals surface area contributed by atoms with Crippen LogP contribution < -0.4 is 0 Å². The Morgan fingerprint density at radius 3 is 2.96 bits per heavy atom. The molecule has 134 valence electrons. The van der Waals surface area contributed by atoms with Gasteiger partial charge in [-0.1, -0.05) is 24.6 Å². The summed E-state index contributed by atoms with van der Waals surface area (Å²) in [6, 6.07) is 10.3. The highest BCUT2D eigenvalue weighted by molar-refractivity contribution is 5.84. The monoisotopic (exact) mass is 342 g/mol. The zero-order valence-electron chi connectivity index (χ0n) is 14.7. The van der Waals surface area contributed by atoms with Crippen molar-refractivity contribution in [2.45, 2.75) is 44.9 Å². The van der Waals surface area contributed by atoms with Gasteiger partial charge in [0.25, 0.3) is 0 Å². The third-order valence-electron chi connectivity index (χ3n) is 5.82. The number of aliphatic hydroxyl groups is 1. The van der Waals surface area contributed by atoms with Crippen molar-refractivity contribution in [2.24, 2.45) is 5.92 Å². The van der Waals surface area contributed by atoms with E-state index in [-0.39, 0.29) is 24.0 Å². The van der Waals surface area contributed by atoms with Gasteiger partial charge in [0.15, 0.2) is 0 Å². The maximum atomic E-state index is 13.1. The maximum absolute atomic E-state index is 13.1. The third kappa shape index (κ3) is 3.07. The first-order valence-electron chi connectivity index (χ1n) is 9.25. The molecule has 1 aliphatic heterocycles. The number of morpholine rings is 1.